The van der Waals surface area contributed by atoms with Crippen molar-refractivity contribution in [3.05, 3.63) is 0 Å². The lowest BCUT2D eigenvalue weighted by atomic mass is 10.0. The van der Waals surface area contributed by atoms with E-state index in [2.05, 4.69) is 27.5 Å². The smallest absolute Gasteiger partial charge is 0.0622 e. The maximum atomic E-state index is 5.46. The van der Waals surface area contributed by atoms with Gasteiger partial charge in [-0.25, -0.2) is 0 Å². The maximum absolute atomic E-state index is 5.46. The topological polar surface area (TPSA) is 12.5 Å². The molecule has 3 heteroatoms. The van der Waals surface area contributed by atoms with Crippen LogP contribution in [0.25, 0.3) is 0 Å². The van der Waals surface area contributed by atoms with Crippen LogP contribution in [-0.2, 0) is 4.74 Å². The van der Waals surface area contributed by atoms with Crippen LogP contribution in [0.5, 0.6) is 0 Å². The molecule has 2 aliphatic rings. The molecule has 0 radical (unpaired) electrons. The first-order valence-electron chi connectivity index (χ1n) is 5.31. The Balaban J connectivity index is 1.93. The van der Waals surface area contributed by atoms with Crippen molar-refractivity contribution in [3.8, 4) is 0 Å². The van der Waals surface area contributed by atoms with Crippen molar-refractivity contribution in [3.63, 3.8) is 0 Å². The highest BCUT2D eigenvalue weighted by Gasteiger charge is 2.30. The molecule has 2 atom stereocenters. The van der Waals surface area contributed by atoms with Crippen molar-refractivity contribution in [1.82, 2.24) is 4.90 Å². The highest BCUT2D eigenvalue weighted by molar-refractivity contribution is 14.1. The van der Waals surface area contributed by atoms with E-state index in [0.29, 0.717) is 0 Å². The number of rotatable bonds is 2. The van der Waals surface area contributed by atoms with Crippen LogP contribution in [0.3, 0.4) is 0 Å². The average Bonchev–Trinajstić information content (AvgIpc) is 2.70. The van der Waals surface area contributed by atoms with E-state index in [1.54, 1.807) is 0 Å². The Labute approximate surface area is 94.1 Å². The van der Waals surface area contributed by atoms with Gasteiger partial charge in [0, 0.05) is 23.1 Å². The summed E-state index contributed by atoms with van der Waals surface area (Å²) in [5.41, 5.74) is 0. The molecule has 76 valence electrons. The molecule has 13 heavy (non-hydrogen) atoms. The Hall–Kier alpha value is 0.650. The molecule has 0 spiro atoms. The van der Waals surface area contributed by atoms with Crippen molar-refractivity contribution in [2.75, 3.05) is 24.2 Å². The first kappa shape index (κ1) is 10.2. The van der Waals surface area contributed by atoms with E-state index < -0.39 is 0 Å². The molecule has 0 aliphatic carbocycles. The van der Waals surface area contributed by atoms with Crippen LogP contribution in [0.4, 0.5) is 0 Å². The Morgan fingerprint density at radius 1 is 1.31 bits per heavy atom. The predicted molar refractivity (Wildman–Crippen MR) is 62.5 cm³/mol. The summed E-state index contributed by atoms with van der Waals surface area (Å²) >= 11 is 2.53. The van der Waals surface area contributed by atoms with E-state index in [-0.39, 0.29) is 0 Å². The molecule has 0 aromatic heterocycles. The van der Waals surface area contributed by atoms with E-state index >= 15 is 0 Å². The van der Waals surface area contributed by atoms with Crippen LogP contribution in [0.2, 0.25) is 0 Å². The number of piperidine rings is 1. The van der Waals surface area contributed by atoms with Crippen molar-refractivity contribution in [2.24, 2.45) is 0 Å². The summed E-state index contributed by atoms with van der Waals surface area (Å²) in [5.74, 6) is 0. The zero-order chi connectivity index (χ0) is 9.10. The maximum Gasteiger partial charge on any atom is 0.0622 e. The Kier molecular flexibility index (Phi) is 3.86. The Morgan fingerprint density at radius 3 is 2.92 bits per heavy atom. The van der Waals surface area contributed by atoms with Crippen LogP contribution in [0.15, 0.2) is 0 Å². The fourth-order valence-electron chi connectivity index (χ4n) is 2.45. The van der Waals surface area contributed by atoms with Crippen LogP contribution < -0.4 is 0 Å². The van der Waals surface area contributed by atoms with Crippen molar-refractivity contribution in [1.29, 1.82) is 0 Å². The normalized spacial score (nSPS) is 36.7. The SMILES string of the molecule is ICC1CCCCN1C1CCOC1. The largest absolute Gasteiger partial charge is 0.380 e. The molecule has 0 N–H and O–H groups in total. The molecule has 2 saturated heterocycles. The summed E-state index contributed by atoms with van der Waals surface area (Å²) in [6, 6.07) is 1.57. The van der Waals surface area contributed by atoms with Crippen LogP contribution in [0, 0.1) is 0 Å². The van der Waals surface area contributed by atoms with Gasteiger partial charge in [0.1, 0.15) is 0 Å². The van der Waals surface area contributed by atoms with E-state index in [1.807, 2.05) is 0 Å². The standard InChI is InChI=1S/C10H18INO/c11-7-9-3-1-2-5-12(9)10-4-6-13-8-10/h9-10H,1-8H2. The first-order chi connectivity index (χ1) is 6.42. The molecule has 2 unspecified atom stereocenters. The lowest BCUT2D eigenvalue weighted by Gasteiger charge is -2.38. The van der Waals surface area contributed by atoms with Crippen LogP contribution >= 0.6 is 22.6 Å². The van der Waals surface area contributed by atoms with Gasteiger partial charge in [-0.1, -0.05) is 29.0 Å². The second-order valence-electron chi connectivity index (χ2n) is 4.06. The zero-order valence-corrected chi connectivity index (χ0v) is 10.2. The number of nitrogens with zero attached hydrogens (tertiary/aromatic N) is 1. The number of likely N-dealkylation sites (tertiary alicyclic amines) is 1. The minimum absolute atomic E-state index is 0.736. The Bertz CT molecular complexity index is 157. The summed E-state index contributed by atoms with van der Waals surface area (Å²) in [6.45, 7) is 3.27. The lowest BCUT2D eigenvalue weighted by Crippen LogP contribution is -2.47. The second-order valence-corrected chi connectivity index (χ2v) is 4.94. The summed E-state index contributed by atoms with van der Waals surface area (Å²) in [4.78, 5) is 2.70. The summed E-state index contributed by atoms with van der Waals surface area (Å²) in [7, 11) is 0. The quantitative estimate of drug-likeness (QED) is 0.571. The van der Waals surface area contributed by atoms with Gasteiger partial charge < -0.3 is 4.74 Å². The third kappa shape index (κ3) is 2.36. The van der Waals surface area contributed by atoms with E-state index in [0.717, 1.165) is 25.3 Å². The molecule has 0 amide bonds. The van der Waals surface area contributed by atoms with Gasteiger partial charge in [0.15, 0.2) is 0 Å². The third-order valence-electron chi connectivity index (χ3n) is 3.23. The number of hydrogen-bond acceptors (Lipinski definition) is 2. The highest BCUT2D eigenvalue weighted by Crippen LogP contribution is 2.24. The molecule has 0 aromatic rings. The van der Waals surface area contributed by atoms with Gasteiger partial charge in [0.25, 0.3) is 0 Å². The second kappa shape index (κ2) is 4.94. The van der Waals surface area contributed by atoms with Gasteiger partial charge in [0.05, 0.1) is 6.61 Å². The fraction of sp³-hybridized carbons (Fsp3) is 1.00. The predicted octanol–water partition coefficient (Wildman–Crippen LogP) is 2.06. The summed E-state index contributed by atoms with van der Waals surface area (Å²) in [5, 5.41) is 0. The van der Waals surface area contributed by atoms with Crippen LogP contribution in [-0.4, -0.2) is 41.2 Å². The zero-order valence-electron chi connectivity index (χ0n) is 8.04. The van der Waals surface area contributed by atoms with Crippen molar-refractivity contribution >= 4 is 22.6 Å². The number of alkyl halides is 1. The number of ether oxygens (including phenoxy) is 1. The molecule has 2 fully saturated rings. The van der Waals surface area contributed by atoms with Gasteiger partial charge in [0.2, 0.25) is 0 Å². The summed E-state index contributed by atoms with van der Waals surface area (Å²) < 4.78 is 6.74. The number of halogens is 1. The average molecular weight is 295 g/mol. The van der Waals surface area contributed by atoms with Gasteiger partial charge in [-0.3, -0.25) is 4.90 Å². The molecule has 0 bridgehead atoms. The molecular weight excluding hydrogens is 277 g/mol. The van der Waals surface area contributed by atoms with Gasteiger partial charge >= 0.3 is 0 Å². The molecule has 2 rings (SSSR count). The van der Waals surface area contributed by atoms with Crippen molar-refractivity contribution in [2.45, 2.75) is 37.8 Å². The van der Waals surface area contributed by atoms with Gasteiger partial charge in [-0.05, 0) is 25.8 Å². The molecule has 2 nitrogen and oxygen atoms in total. The van der Waals surface area contributed by atoms with Gasteiger partial charge in [-0.2, -0.15) is 0 Å². The Morgan fingerprint density at radius 2 is 2.23 bits per heavy atom. The number of hydrogen-bond donors (Lipinski definition) is 0. The van der Waals surface area contributed by atoms with E-state index in [4.69, 9.17) is 4.74 Å². The molecule has 0 saturated carbocycles. The third-order valence-corrected chi connectivity index (χ3v) is 4.24. The molecule has 2 aliphatic heterocycles. The van der Waals surface area contributed by atoms with Crippen LogP contribution in [0.1, 0.15) is 25.7 Å². The molecule has 2 heterocycles. The summed E-state index contributed by atoms with van der Waals surface area (Å²) in [6.07, 6.45) is 5.48. The molecular formula is C10H18INO. The van der Waals surface area contributed by atoms with E-state index in [9.17, 15) is 0 Å². The molecule has 0 aromatic carbocycles. The monoisotopic (exact) mass is 295 g/mol. The minimum Gasteiger partial charge on any atom is -0.380 e. The van der Waals surface area contributed by atoms with Gasteiger partial charge in [-0.15, -0.1) is 0 Å². The first-order valence-corrected chi connectivity index (χ1v) is 6.84. The minimum atomic E-state index is 0.736. The lowest BCUT2D eigenvalue weighted by molar-refractivity contribution is 0.0922. The highest BCUT2D eigenvalue weighted by atomic mass is 127. The van der Waals surface area contributed by atoms with E-state index in [1.165, 1.54) is 36.7 Å². The fourth-order valence-corrected chi connectivity index (χ4v) is 3.40. The van der Waals surface area contributed by atoms with Crippen molar-refractivity contribution < 1.29 is 4.74 Å².